The van der Waals surface area contributed by atoms with Crippen molar-refractivity contribution in [3.8, 4) is 0 Å². The van der Waals surface area contributed by atoms with Crippen molar-refractivity contribution < 1.29 is 0 Å². The zero-order valence-corrected chi connectivity index (χ0v) is 11.5. The second-order valence-electron chi connectivity index (χ2n) is 5.78. The fourth-order valence-electron chi connectivity index (χ4n) is 2.65. The van der Waals surface area contributed by atoms with Crippen LogP contribution in [0.1, 0.15) is 52.3 Å². The molecule has 3 nitrogen and oxygen atoms in total. The molecule has 1 saturated carbocycles. The Balaban J connectivity index is 1.85. The molecule has 1 N–H and O–H groups in total. The first-order valence-electron chi connectivity index (χ1n) is 6.85. The Labute approximate surface area is 105 Å². The quantitative estimate of drug-likeness (QED) is 0.869. The van der Waals surface area contributed by atoms with E-state index in [1.807, 2.05) is 4.68 Å². The molecule has 0 bridgehead atoms. The predicted octanol–water partition coefficient (Wildman–Crippen LogP) is 2.99. The number of rotatable bonds is 4. The van der Waals surface area contributed by atoms with Crippen molar-refractivity contribution in [1.82, 2.24) is 15.1 Å². The van der Waals surface area contributed by atoms with Crippen LogP contribution in [0.25, 0.3) is 0 Å². The highest BCUT2D eigenvalue weighted by atomic mass is 15.3. The Morgan fingerprint density at radius 1 is 1.41 bits per heavy atom. The van der Waals surface area contributed by atoms with Gasteiger partial charge in [-0.3, -0.25) is 4.68 Å². The summed E-state index contributed by atoms with van der Waals surface area (Å²) in [6.07, 6.45) is 4.74. The molecule has 3 heteroatoms. The van der Waals surface area contributed by atoms with E-state index < -0.39 is 0 Å². The first-order valence-corrected chi connectivity index (χ1v) is 6.85. The van der Waals surface area contributed by atoms with E-state index >= 15 is 0 Å². The van der Waals surface area contributed by atoms with Crippen molar-refractivity contribution in [1.29, 1.82) is 0 Å². The minimum atomic E-state index is 0.453. The lowest BCUT2D eigenvalue weighted by Gasteiger charge is -2.19. The summed E-state index contributed by atoms with van der Waals surface area (Å²) in [6.45, 7) is 9.94. The molecular weight excluding hydrogens is 210 g/mol. The largest absolute Gasteiger partial charge is 0.308 e. The minimum Gasteiger partial charge on any atom is -0.308 e. The Hall–Kier alpha value is -0.830. The van der Waals surface area contributed by atoms with E-state index in [1.165, 1.54) is 12.8 Å². The van der Waals surface area contributed by atoms with Crippen LogP contribution in [-0.4, -0.2) is 15.8 Å². The zero-order valence-electron chi connectivity index (χ0n) is 11.5. The Morgan fingerprint density at radius 2 is 2.18 bits per heavy atom. The molecule has 2 rings (SSSR count). The summed E-state index contributed by atoms with van der Waals surface area (Å²) in [7, 11) is 0. The maximum Gasteiger partial charge on any atom is 0.0762 e. The van der Waals surface area contributed by atoms with Gasteiger partial charge in [0.25, 0.3) is 0 Å². The lowest BCUT2D eigenvalue weighted by atomic mass is 9.98. The second kappa shape index (κ2) is 5.21. The molecule has 3 atom stereocenters. The van der Waals surface area contributed by atoms with Gasteiger partial charge in [0.2, 0.25) is 0 Å². The molecule has 0 spiro atoms. The first kappa shape index (κ1) is 12.6. The van der Waals surface area contributed by atoms with E-state index in [-0.39, 0.29) is 0 Å². The molecule has 96 valence electrons. The molecule has 0 amide bonds. The summed E-state index contributed by atoms with van der Waals surface area (Å²) >= 11 is 0. The fraction of sp³-hybridized carbons (Fsp3) is 0.786. The van der Waals surface area contributed by atoms with Gasteiger partial charge in [0.05, 0.1) is 5.69 Å². The summed E-state index contributed by atoms with van der Waals surface area (Å²) in [5, 5.41) is 8.22. The normalized spacial score (nSPS) is 29.1. The van der Waals surface area contributed by atoms with Gasteiger partial charge in [-0.25, -0.2) is 0 Å². The van der Waals surface area contributed by atoms with Crippen LogP contribution in [0.15, 0.2) is 12.3 Å². The molecule has 0 aromatic carbocycles. The van der Waals surface area contributed by atoms with Crippen molar-refractivity contribution in [3.05, 3.63) is 18.0 Å². The van der Waals surface area contributed by atoms with Crippen LogP contribution in [0.5, 0.6) is 0 Å². The summed E-state index contributed by atoms with van der Waals surface area (Å²) in [4.78, 5) is 0. The van der Waals surface area contributed by atoms with Gasteiger partial charge in [-0.05, 0) is 44.6 Å². The Bertz CT molecular complexity index is 356. The smallest absolute Gasteiger partial charge is 0.0762 e. The maximum atomic E-state index is 4.57. The lowest BCUT2D eigenvalue weighted by molar-refractivity contribution is 0.367. The molecular formula is C14H25N3. The van der Waals surface area contributed by atoms with E-state index in [9.17, 15) is 0 Å². The highest BCUT2D eigenvalue weighted by Crippen LogP contribution is 2.31. The predicted molar refractivity (Wildman–Crippen MR) is 70.8 cm³/mol. The van der Waals surface area contributed by atoms with Crippen molar-refractivity contribution in [2.24, 2.45) is 11.8 Å². The zero-order chi connectivity index (χ0) is 12.4. The van der Waals surface area contributed by atoms with Gasteiger partial charge in [-0.15, -0.1) is 0 Å². The topological polar surface area (TPSA) is 29.9 Å². The molecule has 3 unspecified atom stereocenters. The number of aromatic nitrogens is 2. The van der Waals surface area contributed by atoms with Gasteiger partial charge in [0, 0.05) is 24.8 Å². The third-order valence-electron chi connectivity index (χ3n) is 4.20. The van der Waals surface area contributed by atoms with Crippen LogP contribution in [-0.2, 0) is 6.54 Å². The third-order valence-corrected chi connectivity index (χ3v) is 4.20. The van der Waals surface area contributed by atoms with E-state index in [2.05, 4.69) is 50.4 Å². The SMILES string of the molecule is CC1CCC(NCc2ccn(C(C)C)n2)C1C. The van der Waals surface area contributed by atoms with Crippen LogP contribution >= 0.6 is 0 Å². The van der Waals surface area contributed by atoms with Crippen LogP contribution < -0.4 is 5.32 Å². The summed E-state index contributed by atoms with van der Waals surface area (Å²) in [5.74, 6) is 1.66. The average molecular weight is 235 g/mol. The van der Waals surface area contributed by atoms with E-state index in [0.29, 0.717) is 12.1 Å². The van der Waals surface area contributed by atoms with Crippen molar-refractivity contribution in [2.75, 3.05) is 0 Å². The van der Waals surface area contributed by atoms with Crippen molar-refractivity contribution in [2.45, 2.75) is 59.2 Å². The van der Waals surface area contributed by atoms with Crippen molar-refractivity contribution in [3.63, 3.8) is 0 Å². The van der Waals surface area contributed by atoms with E-state index in [4.69, 9.17) is 0 Å². The molecule has 1 heterocycles. The van der Waals surface area contributed by atoms with E-state index in [0.717, 1.165) is 24.1 Å². The number of hydrogen-bond acceptors (Lipinski definition) is 2. The van der Waals surface area contributed by atoms with Crippen molar-refractivity contribution >= 4 is 0 Å². The number of nitrogens with one attached hydrogen (secondary N) is 1. The molecule has 0 radical (unpaired) electrons. The monoisotopic (exact) mass is 235 g/mol. The third kappa shape index (κ3) is 2.89. The molecule has 17 heavy (non-hydrogen) atoms. The highest BCUT2D eigenvalue weighted by molar-refractivity contribution is 5.00. The Morgan fingerprint density at radius 3 is 2.71 bits per heavy atom. The average Bonchev–Trinajstić information content (AvgIpc) is 2.86. The summed E-state index contributed by atoms with van der Waals surface area (Å²) in [6, 6.07) is 3.25. The summed E-state index contributed by atoms with van der Waals surface area (Å²) in [5.41, 5.74) is 1.16. The van der Waals surface area contributed by atoms with Crippen LogP contribution in [0.2, 0.25) is 0 Å². The van der Waals surface area contributed by atoms with Crippen LogP contribution in [0, 0.1) is 11.8 Å². The van der Waals surface area contributed by atoms with Gasteiger partial charge < -0.3 is 5.32 Å². The first-order chi connectivity index (χ1) is 8.08. The van der Waals surface area contributed by atoms with Crippen LogP contribution in [0.3, 0.4) is 0 Å². The van der Waals surface area contributed by atoms with Gasteiger partial charge in [-0.2, -0.15) is 5.10 Å². The molecule has 1 aliphatic carbocycles. The second-order valence-corrected chi connectivity index (χ2v) is 5.78. The highest BCUT2D eigenvalue weighted by Gasteiger charge is 2.29. The molecule has 1 aliphatic rings. The molecule has 1 aromatic rings. The minimum absolute atomic E-state index is 0.453. The number of nitrogens with zero attached hydrogens (tertiary/aromatic N) is 2. The molecule has 1 aromatic heterocycles. The molecule has 0 saturated heterocycles. The van der Waals surface area contributed by atoms with Gasteiger partial charge in [-0.1, -0.05) is 13.8 Å². The van der Waals surface area contributed by atoms with Gasteiger partial charge in [0.15, 0.2) is 0 Å². The molecule has 0 aliphatic heterocycles. The standard InChI is InChI=1S/C14H25N3/c1-10(2)17-8-7-13(16-17)9-15-14-6-5-11(3)12(14)4/h7-8,10-12,14-15H,5-6,9H2,1-4H3. The van der Waals surface area contributed by atoms with Crippen LogP contribution in [0.4, 0.5) is 0 Å². The summed E-state index contributed by atoms with van der Waals surface area (Å²) < 4.78 is 2.03. The lowest BCUT2D eigenvalue weighted by Crippen LogP contribution is -2.32. The van der Waals surface area contributed by atoms with E-state index in [1.54, 1.807) is 0 Å². The Kier molecular flexibility index (Phi) is 3.87. The molecule has 1 fully saturated rings. The fourth-order valence-corrected chi connectivity index (χ4v) is 2.65. The number of hydrogen-bond donors (Lipinski definition) is 1. The maximum absolute atomic E-state index is 4.57. The van der Waals surface area contributed by atoms with Gasteiger partial charge in [0.1, 0.15) is 0 Å². The van der Waals surface area contributed by atoms with Gasteiger partial charge >= 0.3 is 0 Å².